The van der Waals surface area contributed by atoms with E-state index in [1.165, 1.54) is 0 Å². The van der Waals surface area contributed by atoms with Gasteiger partial charge in [0, 0.05) is 30.1 Å². The van der Waals surface area contributed by atoms with Crippen molar-refractivity contribution >= 4 is 40.1 Å². The van der Waals surface area contributed by atoms with Crippen molar-refractivity contribution in [2.75, 3.05) is 25.5 Å². The zero-order chi connectivity index (χ0) is 30.5. The molecule has 0 aliphatic carbocycles. The minimum Gasteiger partial charge on any atom is -0.497 e. The molecule has 220 valence electrons. The van der Waals surface area contributed by atoms with Crippen LogP contribution >= 0.6 is 11.3 Å². The van der Waals surface area contributed by atoms with E-state index in [1.807, 2.05) is 66.7 Å². The molecular weight excluding hydrogens is 570 g/mol. The molecule has 0 saturated heterocycles. The van der Waals surface area contributed by atoms with E-state index < -0.39 is 23.9 Å². The van der Waals surface area contributed by atoms with Gasteiger partial charge in [0.05, 0.1) is 18.7 Å². The number of thiophene rings is 1. The van der Waals surface area contributed by atoms with Crippen molar-refractivity contribution in [3.8, 4) is 16.9 Å². The van der Waals surface area contributed by atoms with Gasteiger partial charge in [-0.2, -0.15) is 0 Å². The summed E-state index contributed by atoms with van der Waals surface area (Å²) in [5, 5.41) is 24.3. The van der Waals surface area contributed by atoms with Crippen molar-refractivity contribution in [2.45, 2.75) is 19.0 Å². The lowest BCUT2D eigenvalue weighted by Crippen LogP contribution is -2.41. The predicted octanol–water partition coefficient (Wildman–Crippen LogP) is 4.67. The highest BCUT2D eigenvalue weighted by atomic mass is 32.1. The monoisotopic (exact) mass is 599 g/mol. The number of rotatable bonds is 9. The molecular formula is C32H29N3O7S. The molecule has 4 aromatic rings. The lowest BCUT2D eigenvalue weighted by molar-refractivity contribution is -0.147. The fourth-order valence-electron chi connectivity index (χ4n) is 5.16. The van der Waals surface area contributed by atoms with Crippen molar-refractivity contribution in [2.24, 2.45) is 0 Å². The van der Waals surface area contributed by atoms with Crippen LogP contribution in [-0.4, -0.2) is 59.1 Å². The number of hydrogen-bond donors (Lipinski definition) is 4. The maximum Gasteiger partial charge on any atom is 0.394 e. The van der Waals surface area contributed by atoms with E-state index in [1.54, 1.807) is 19.2 Å². The van der Waals surface area contributed by atoms with Crippen LogP contribution in [0.1, 0.15) is 42.8 Å². The summed E-state index contributed by atoms with van der Waals surface area (Å²) in [5.74, 6) is -3.87. The molecule has 0 radical (unpaired) electrons. The van der Waals surface area contributed by atoms with Crippen LogP contribution in [-0.2, 0) is 22.6 Å². The van der Waals surface area contributed by atoms with E-state index in [-0.39, 0.29) is 23.0 Å². The number of ether oxygens (including phenoxy) is 1. The van der Waals surface area contributed by atoms with Crippen LogP contribution < -0.4 is 15.4 Å². The number of benzene rings is 3. The first-order valence-electron chi connectivity index (χ1n) is 13.5. The lowest BCUT2D eigenvalue weighted by Gasteiger charge is -2.36. The summed E-state index contributed by atoms with van der Waals surface area (Å²) < 4.78 is 5.26. The Bertz CT molecular complexity index is 1650. The van der Waals surface area contributed by atoms with Gasteiger partial charge in [-0.1, -0.05) is 54.6 Å². The molecule has 1 atom stereocenters. The smallest absolute Gasteiger partial charge is 0.394 e. The second-order valence-electron chi connectivity index (χ2n) is 9.95. The first-order valence-corrected chi connectivity index (χ1v) is 14.3. The van der Waals surface area contributed by atoms with Crippen molar-refractivity contribution in [3.05, 3.63) is 106 Å². The average Bonchev–Trinajstić information content (AvgIpc) is 3.39. The van der Waals surface area contributed by atoms with Crippen molar-refractivity contribution < 1.29 is 34.1 Å². The zero-order valence-corrected chi connectivity index (χ0v) is 24.0. The molecule has 2 amide bonds. The molecule has 2 heterocycles. The van der Waals surface area contributed by atoms with Crippen LogP contribution in [0.3, 0.4) is 0 Å². The van der Waals surface area contributed by atoms with E-state index in [4.69, 9.17) is 9.84 Å². The second-order valence-corrected chi connectivity index (χ2v) is 11.0. The zero-order valence-electron chi connectivity index (χ0n) is 23.2. The number of amides is 2. The largest absolute Gasteiger partial charge is 0.497 e. The Balaban J connectivity index is 1.42. The number of anilines is 1. The van der Waals surface area contributed by atoms with Crippen molar-refractivity contribution in [3.63, 3.8) is 0 Å². The van der Waals surface area contributed by atoms with Crippen molar-refractivity contribution in [1.29, 1.82) is 0 Å². The topological polar surface area (TPSA) is 145 Å². The number of hydrogen-bond acceptors (Lipinski definition) is 7. The Morgan fingerprint density at radius 1 is 0.930 bits per heavy atom. The standard InChI is InChI=1S/C32H29N3O7S/c1-42-23-13-7-19(8-14-23)18-35-16-15-24-26(31(38)39)30(34-29(37)32(40)41)43-27(24)25(35)17-33-28(36)22-11-9-21(10-12-22)20-5-3-2-4-6-20/h2-14,25H,15-18H2,1H3,(H,33,36)(H,34,37)(H,38,39)(H,40,41). The summed E-state index contributed by atoms with van der Waals surface area (Å²) in [4.78, 5) is 51.4. The van der Waals surface area contributed by atoms with Gasteiger partial charge in [0.15, 0.2) is 0 Å². The molecule has 1 aliphatic rings. The first-order chi connectivity index (χ1) is 20.7. The molecule has 11 heteroatoms. The Labute approximate surface area is 251 Å². The van der Waals surface area contributed by atoms with Crippen molar-refractivity contribution in [1.82, 2.24) is 10.2 Å². The average molecular weight is 600 g/mol. The number of nitrogens with one attached hydrogen (secondary N) is 2. The first kappa shape index (κ1) is 29.5. The summed E-state index contributed by atoms with van der Waals surface area (Å²) in [5.41, 5.74) is 3.89. The molecule has 0 saturated carbocycles. The number of carboxylic acids is 2. The van der Waals surface area contributed by atoms with Crippen LogP contribution in [0.2, 0.25) is 0 Å². The molecule has 1 aromatic heterocycles. The number of fused-ring (bicyclic) bond motifs is 1. The van der Waals surface area contributed by atoms with Gasteiger partial charge >= 0.3 is 17.8 Å². The third kappa shape index (κ3) is 6.58. The van der Waals surface area contributed by atoms with E-state index >= 15 is 0 Å². The van der Waals surface area contributed by atoms with Crippen LogP contribution in [0.5, 0.6) is 5.75 Å². The van der Waals surface area contributed by atoms with E-state index in [0.29, 0.717) is 35.5 Å². The molecule has 0 bridgehead atoms. The minimum atomic E-state index is -1.72. The third-order valence-electron chi connectivity index (χ3n) is 7.32. The van der Waals surface area contributed by atoms with Gasteiger partial charge in [-0.15, -0.1) is 11.3 Å². The van der Waals surface area contributed by atoms with Gasteiger partial charge in [0.25, 0.3) is 5.91 Å². The molecule has 3 aromatic carbocycles. The van der Waals surface area contributed by atoms with Crippen LogP contribution in [0, 0.1) is 0 Å². The summed E-state index contributed by atoms with van der Waals surface area (Å²) in [7, 11) is 1.59. The normalized spacial score (nSPS) is 14.4. The lowest BCUT2D eigenvalue weighted by atomic mass is 9.96. The van der Waals surface area contributed by atoms with Gasteiger partial charge < -0.3 is 25.6 Å². The summed E-state index contributed by atoms with van der Waals surface area (Å²) in [6.45, 7) is 1.15. The maximum absolute atomic E-state index is 13.2. The molecule has 1 unspecified atom stereocenters. The number of nitrogens with zero attached hydrogens (tertiary/aromatic N) is 1. The summed E-state index contributed by atoms with van der Waals surface area (Å²) in [6.07, 6.45) is 0.373. The fraction of sp³-hybridized carbons (Fsp3) is 0.188. The Morgan fingerprint density at radius 3 is 2.23 bits per heavy atom. The highest BCUT2D eigenvalue weighted by molar-refractivity contribution is 7.17. The molecule has 5 rings (SSSR count). The highest BCUT2D eigenvalue weighted by Gasteiger charge is 2.35. The number of aromatic carboxylic acids is 1. The number of carboxylic acid groups (broad SMARTS) is 2. The Hall–Kier alpha value is -5.00. The Morgan fingerprint density at radius 2 is 1.60 bits per heavy atom. The Kier molecular flexibility index (Phi) is 8.84. The number of methoxy groups -OCH3 is 1. The van der Waals surface area contributed by atoms with E-state index in [2.05, 4.69) is 15.5 Å². The van der Waals surface area contributed by atoms with Gasteiger partial charge in [0.2, 0.25) is 0 Å². The number of carbonyl (C=O) groups is 4. The van der Waals surface area contributed by atoms with Gasteiger partial charge in [-0.3, -0.25) is 14.5 Å². The molecule has 10 nitrogen and oxygen atoms in total. The highest BCUT2D eigenvalue weighted by Crippen LogP contribution is 2.43. The molecule has 43 heavy (non-hydrogen) atoms. The SMILES string of the molecule is COc1ccc(CN2CCc3c(sc(NC(=O)C(=O)O)c3C(=O)O)C2CNC(=O)c2ccc(-c3ccccc3)cc2)cc1. The van der Waals surface area contributed by atoms with Crippen LogP contribution in [0.15, 0.2) is 78.9 Å². The van der Waals surface area contributed by atoms with Gasteiger partial charge in [0.1, 0.15) is 10.8 Å². The third-order valence-corrected chi connectivity index (χ3v) is 8.57. The predicted molar refractivity (Wildman–Crippen MR) is 162 cm³/mol. The second kappa shape index (κ2) is 12.9. The van der Waals surface area contributed by atoms with Crippen LogP contribution in [0.25, 0.3) is 11.1 Å². The minimum absolute atomic E-state index is 0.0379. The summed E-state index contributed by atoms with van der Waals surface area (Å²) >= 11 is 1.02. The molecule has 4 N–H and O–H groups in total. The van der Waals surface area contributed by atoms with E-state index in [0.717, 1.165) is 33.8 Å². The summed E-state index contributed by atoms with van der Waals surface area (Å²) in [6, 6.07) is 24.3. The molecule has 0 fully saturated rings. The molecule has 0 spiro atoms. The van der Waals surface area contributed by atoms with E-state index in [9.17, 15) is 24.3 Å². The van der Waals surface area contributed by atoms with Crippen LogP contribution in [0.4, 0.5) is 5.00 Å². The van der Waals surface area contributed by atoms with Gasteiger partial charge in [-0.05, 0) is 52.9 Å². The number of aliphatic carboxylic acids is 1. The van der Waals surface area contributed by atoms with Gasteiger partial charge in [-0.25, -0.2) is 9.59 Å². The quantitative estimate of drug-likeness (QED) is 0.203. The fourth-order valence-corrected chi connectivity index (χ4v) is 6.53. The number of carbonyl (C=O) groups excluding carboxylic acids is 2. The molecule has 1 aliphatic heterocycles. The maximum atomic E-state index is 13.2.